The first kappa shape index (κ1) is 22.0. The van der Waals surface area contributed by atoms with E-state index in [-0.39, 0.29) is 5.91 Å². The van der Waals surface area contributed by atoms with E-state index in [0.29, 0.717) is 49.0 Å². The summed E-state index contributed by atoms with van der Waals surface area (Å²) >= 11 is 1.31. The fourth-order valence-electron chi connectivity index (χ4n) is 3.57. The third kappa shape index (κ3) is 5.52. The summed E-state index contributed by atoms with van der Waals surface area (Å²) in [6.07, 6.45) is 0.318. The highest BCUT2D eigenvalue weighted by molar-refractivity contribution is 7.12. The summed E-state index contributed by atoms with van der Waals surface area (Å²) in [5.74, 6) is -1.13. The number of rotatable bonds is 7. The van der Waals surface area contributed by atoms with Gasteiger partial charge in [-0.3, -0.25) is 9.59 Å². The Kier molecular flexibility index (Phi) is 7.14. The zero-order chi connectivity index (χ0) is 22.3. The minimum atomic E-state index is -0.811. The number of carbonyl (C=O) groups is 2. The number of hydrogen-bond acceptors (Lipinski definition) is 5. The molecule has 2 heterocycles. The maximum atomic E-state index is 14.7. The van der Waals surface area contributed by atoms with Crippen LogP contribution in [0, 0.1) is 5.82 Å². The summed E-state index contributed by atoms with van der Waals surface area (Å²) in [7, 11) is 0. The fraction of sp³-hybridized carbons (Fsp3) is 0.250. The Morgan fingerprint density at radius 1 is 1.06 bits per heavy atom. The molecule has 4 rings (SSSR count). The van der Waals surface area contributed by atoms with E-state index in [2.05, 4.69) is 10.6 Å². The van der Waals surface area contributed by atoms with Crippen molar-refractivity contribution < 1.29 is 18.7 Å². The second-order valence-corrected chi connectivity index (χ2v) is 8.40. The Morgan fingerprint density at radius 3 is 2.53 bits per heavy atom. The smallest absolute Gasteiger partial charge is 0.262 e. The van der Waals surface area contributed by atoms with Crippen molar-refractivity contribution in [2.24, 2.45) is 0 Å². The lowest BCUT2D eigenvalue weighted by molar-refractivity contribution is -0.118. The van der Waals surface area contributed by atoms with Crippen LogP contribution in [0.1, 0.15) is 15.2 Å². The summed E-state index contributed by atoms with van der Waals surface area (Å²) in [6.45, 7) is 2.36. The van der Waals surface area contributed by atoms with Crippen molar-refractivity contribution >= 4 is 34.5 Å². The van der Waals surface area contributed by atoms with Crippen LogP contribution in [0.5, 0.6) is 0 Å². The van der Waals surface area contributed by atoms with Gasteiger partial charge >= 0.3 is 0 Å². The lowest BCUT2D eigenvalue weighted by Gasteiger charge is -2.29. The Hall–Kier alpha value is -3.23. The Balaban J connectivity index is 1.48. The molecule has 166 valence electrons. The summed E-state index contributed by atoms with van der Waals surface area (Å²) in [5, 5.41) is 7.37. The van der Waals surface area contributed by atoms with Crippen molar-refractivity contribution in [3.63, 3.8) is 0 Å². The number of amides is 2. The second kappa shape index (κ2) is 10.4. The first-order chi connectivity index (χ1) is 15.6. The molecule has 0 spiro atoms. The zero-order valence-corrected chi connectivity index (χ0v) is 18.2. The molecule has 2 amide bonds. The number of anilines is 2. The molecule has 0 aliphatic carbocycles. The lowest BCUT2D eigenvalue weighted by Crippen LogP contribution is -2.45. The second-order valence-electron chi connectivity index (χ2n) is 7.45. The van der Waals surface area contributed by atoms with Gasteiger partial charge in [0, 0.05) is 25.2 Å². The third-order valence-corrected chi connectivity index (χ3v) is 6.09. The van der Waals surface area contributed by atoms with E-state index in [9.17, 15) is 14.0 Å². The van der Waals surface area contributed by atoms with E-state index in [1.807, 2.05) is 35.2 Å². The van der Waals surface area contributed by atoms with Crippen molar-refractivity contribution in [2.45, 2.75) is 12.5 Å². The number of morpholine rings is 1. The molecule has 2 N–H and O–H groups in total. The molecule has 3 aromatic rings. The van der Waals surface area contributed by atoms with E-state index >= 15 is 0 Å². The molecule has 32 heavy (non-hydrogen) atoms. The number of benzene rings is 2. The van der Waals surface area contributed by atoms with Gasteiger partial charge < -0.3 is 20.3 Å². The standard InChI is InChI=1S/C24H24FN3O3S/c25-19-16-18(8-9-21(19)28-10-12-31-13-11-28)26-23(29)20(15-17-5-2-1-3-6-17)27-24(30)22-7-4-14-32-22/h1-9,14,16,20H,10-13,15H2,(H,26,29)(H,27,30). The molecule has 0 radical (unpaired) electrons. The van der Waals surface area contributed by atoms with Gasteiger partial charge in [-0.15, -0.1) is 11.3 Å². The molecular weight excluding hydrogens is 429 g/mol. The van der Waals surface area contributed by atoms with Gasteiger partial charge in [-0.05, 0) is 35.2 Å². The van der Waals surface area contributed by atoms with Crippen LogP contribution in [-0.2, 0) is 16.0 Å². The van der Waals surface area contributed by atoms with Crippen LogP contribution < -0.4 is 15.5 Å². The monoisotopic (exact) mass is 453 g/mol. The van der Waals surface area contributed by atoms with E-state index < -0.39 is 17.8 Å². The highest BCUT2D eigenvalue weighted by Gasteiger charge is 2.23. The van der Waals surface area contributed by atoms with E-state index in [4.69, 9.17) is 4.74 Å². The molecule has 1 fully saturated rings. The highest BCUT2D eigenvalue weighted by atomic mass is 32.1. The van der Waals surface area contributed by atoms with Crippen molar-refractivity contribution in [3.05, 3.63) is 82.3 Å². The SMILES string of the molecule is O=C(NC(Cc1ccccc1)C(=O)Nc1ccc(N2CCOCC2)c(F)c1)c1cccs1. The fourth-order valence-corrected chi connectivity index (χ4v) is 4.20. The quantitative estimate of drug-likeness (QED) is 0.572. The van der Waals surface area contributed by atoms with Crippen LogP contribution in [0.2, 0.25) is 0 Å². The predicted octanol–water partition coefficient (Wildman–Crippen LogP) is 3.70. The number of halogens is 1. The lowest BCUT2D eigenvalue weighted by atomic mass is 10.0. The average Bonchev–Trinajstić information content (AvgIpc) is 3.35. The predicted molar refractivity (Wildman–Crippen MR) is 124 cm³/mol. The van der Waals surface area contributed by atoms with Gasteiger partial charge in [-0.25, -0.2) is 4.39 Å². The van der Waals surface area contributed by atoms with Crippen LogP contribution in [0.4, 0.5) is 15.8 Å². The van der Waals surface area contributed by atoms with Gasteiger partial charge in [0.05, 0.1) is 23.8 Å². The van der Waals surface area contributed by atoms with Crippen LogP contribution in [0.3, 0.4) is 0 Å². The van der Waals surface area contributed by atoms with Crippen LogP contribution in [0.15, 0.2) is 66.0 Å². The molecule has 2 aromatic carbocycles. The van der Waals surface area contributed by atoms with Gasteiger partial charge in [0.2, 0.25) is 5.91 Å². The van der Waals surface area contributed by atoms with Gasteiger partial charge in [0.15, 0.2) is 0 Å². The van der Waals surface area contributed by atoms with Crippen molar-refractivity contribution in [3.8, 4) is 0 Å². The van der Waals surface area contributed by atoms with Crippen molar-refractivity contribution in [1.82, 2.24) is 5.32 Å². The van der Waals surface area contributed by atoms with Crippen molar-refractivity contribution in [1.29, 1.82) is 0 Å². The zero-order valence-electron chi connectivity index (χ0n) is 17.4. The molecule has 1 aromatic heterocycles. The average molecular weight is 454 g/mol. The molecule has 6 nitrogen and oxygen atoms in total. The molecular formula is C24H24FN3O3S. The molecule has 0 saturated carbocycles. The number of carbonyl (C=O) groups excluding carboxylic acids is 2. The Bertz CT molecular complexity index is 1050. The van der Waals surface area contributed by atoms with Crippen LogP contribution in [0.25, 0.3) is 0 Å². The first-order valence-corrected chi connectivity index (χ1v) is 11.3. The number of thiophene rings is 1. The van der Waals surface area contributed by atoms with Gasteiger partial charge in [0.1, 0.15) is 11.9 Å². The topological polar surface area (TPSA) is 70.7 Å². The third-order valence-electron chi connectivity index (χ3n) is 5.22. The van der Waals surface area contributed by atoms with Crippen LogP contribution in [-0.4, -0.2) is 44.2 Å². The Morgan fingerprint density at radius 2 is 1.84 bits per heavy atom. The number of hydrogen-bond donors (Lipinski definition) is 2. The summed E-state index contributed by atoms with van der Waals surface area (Å²) in [5.41, 5.74) is 1.74. The first-order valence-electron chi connectivity index (χ1n) is 10.4. The molecule has 1 aliphatic heterocycles. The van der Waals surface area contributed by atoms with Gasteiger partial charge in [0.25, 0.3) is 5.91 Å². The van der Waals surface area contributed by atoms with Gasteiger partial charge in [-0.1, -0.05) is 36.4 Å². The maximum Gasteiger partial charge on any atom is 0.262 e. The van der Waals surface area contributed by atoms with Crippen molar-refractivity contribution in [2.75, 3.05) is 36.5 Å². The summed E-state index contributed by atoms with van der Waals surface area (Å²) < 4.78 is 20.0. The number of ether oxygens (including phenoxy) is 1. The van der Waals surface area contributed by atoms with Crippen LogP contribution >= 0.6 is 11.3 Å². The number of nitrogens with zero attached hydrogens (tertiary/aromatic N) is 1. The summed E-state index contributed by atoms with van der Waals surface area (Å²) in [4.78, 5) is 28.1. The number of nitrogens with one attached hydrogen (secondary N) is 2. The highest BCUT2D eigenvalue weighted by Crippen LogP contribution is 2.24. The molecule has 8 heteroatoms. The molecule has 1 saturated heterocycles. The Labute approximate surface area is 190 Å². The normalized spacial score (nSPS) is 14.6. The molecule has 1 aliphatic rings. The molecule has 1 unspecified atom stereocenters. The van der Waals surface area contributed by atoms with Gasteiger partial charge in [-0.2, -0.15) is 0 Å². The minimum absolute atomic E-state index is 0.315. The summed E-state index contributed by atoms with van der Waals surface area (Å²) in [6, 6.07) is 16.8. The largest absolute Gasteiger partial charge is 0.378 e. The molecule has 1 atom stereocenters. The molecule has 0 bridgehead atoms. The van der Waals surface area contributed by atoms with E-state index in [1.165, 1.54) is 17.4 Å². The maximum absolute atomic E-state index is 14.7. The van der Waals surface area contributed by atoms with E-state index in [0.717, 1.165) is 5.56 Å². The minimum Gasteiger partial charge on any atom is -0.378 e. The van der Waals surface area contributed by atoms with E-state index in [1.54, 1.807) is 29.6 Å².